The summed E-state index contributed by atoms with van der Waals surface area (Å²) in [5, 5.41) is 7.23. The smallest absolute Gasteiger partial charge is 0.410 e. The third kappa shape index (κ3) is 4.82. The minimum atomic E-state index is -0.544. The maximum Gasteiger partial charge on any atom is 0.410 e. The third-order valence-corrected chi connectivity index (χ3v) is 6.79. The first-order chi connectivity index (χ1) is 17.9. The number of rotatable bonds is 2. The highest BCUT2D eigenvalue weighted by molar-refractivity contribution is 6.02. The number of aryl methyl sites for hydroxylation is 2. The molecule has 0 spiro atoms. The average molecular weight is 522 g/mol. The van der Waals surface area contributed by atoms with Crippen LogP contribution in [0.1, 0.15) is 51.7 Å². The summed E-state index contributed by atoms with van der Waals surface area (Å²) >= 11 is 0. The van der Waals surface area contributed by atoms with Crippen LogP contribution in [0.5, 0.6) is 0 Å². The van der Waals surface area contributed by atoms with E-state index in [1.807, 2.05) is 59.4 Å². The van der Waals surface area contributed by atoms with Crippen molar-refractivity contribution in [2.75, 3.05) is 34.8 Å². The molecule has 3 aromatic heterocycles. The summed E-state index contributed by atoms with van der Waals surface area (Å²) < 4.78 is 7.27. The Morgan fingerprint density at radius 2 is 1.82 bits per heavy atom. The fourth-order valence-electron chi connectivity index (χ4n) is 5.34. The van der Waals surface area contributed by atoms with E-state index in [4.69, 9.17) is 4.74 Å². The Labute approximate surface area is 222 Å². The Balaban J connectivity index is 1.33. The van der Waals surface area contributed by atoms with Crippen molar-refractivity contribution >= 4 is 35.1 Å². The second-order valence-corrected chi connectivity index (χ2v) is 11.1. The molecule has 0 radical (unpaired) electrons. The van der Waals surface area contributed by atoms with Gasteiger partial charge in [-0.25, -0.2) is 29.1 Å². The highest BCUT2D eigenvalue weighted by Gasteiger charge is 2.37. The number of hydrogen-bond acceptors (Lipinski definition) is 8. The zero-order valence-corrected chi connectivity index (χ0v) is 23.0. The number of piperazine rings is 1. The number of anilines is 3. The van der Waals surface area contributed by atoms with Crippen LogP contribution >= 0.6 is 0 Å². The average Bonchev–Trinajstić information content (AvgIpc) is 3.40. The molecule has 2 aliphatic rings. The molecule has 0 unspecified atom stereocenters. The zero-order chi connectivity index (χ0) is 27.4. The molecule has 1 saturated heterocycles. The number of hydrogen-bond donors (Lipinski definition) is 1. The molecule has 12 nitrogen and oxygen atoms in total. The first-order valence-corrected chi connectivity index (χ1v) is 12.9. The normalized spacial score (nSPS) is 19.6. The van der Waals surface area contributed by atoms with Crippen molar-refractivity contribution in [1.82, 2.24) is 29.5 Å². The van der Waals surface area contributed by atoms with Crippen LogP contribution in [0.2, 0.25) is 0 Å². The number of fused-ring (bicyclic) bond motifs is 2. The van der Waals surface area contributed by atoms with Gasteiger partial charge < -0.3 is 9.64 Å². The number of pyridine rings is 1. The van der Waals surface area contributed by atoms with Gasteiger partial charge in [0, 0.05) is 37.1 Å². The van der Waals surface area contributed by atoms with Crippen molar-refractivity contribution in [3.63, 3.8) is 0 Å². The lowest BCUT2D eigenvalue weighted by Crippen LogP contribution is -2.59. The molecule has 1 fully saturated rings. The van der Waals surface area contributed by atoms with Crippen molar-refractivity contribution in [2.24, 2.45) is 0 Å². The van der Waals surface area contributed by atoms with E-state index < -0.39 is 5.60 Å². The highest BCUT2D eigenvalue weighted by atomic mass is 16.6. The molecule has 3 amide bonds. The third-order valence-electron chi connectivity index (χ3n) is 6.79. The summed E-state index contributed by atoms with van der Waals surface area (Å²) in [4.78, 5) is 45.3. The van der Waals surface area contributed by atoms with Crippen LogP contribution in [-0.4, -0.2) is 78.9 Å². The van der Waals surface area contributed by atoms with Gasteiger partial charge in [-0.1, -0.05) is 0 Å². The molecule has 0 bridgehead atoms. The Morgan fingerprint density at radius 3 is 2.50 bits per heavy atom. The molecule has 0 saturated carbocycles. The lowest BCUT2D eigenvalue weighted by molar-refractivity contribution is 0.00565. The van der Waals surface area contributed by atoms with Crippen LogP contribution in [-0.2, 0) is 11.2 Å². The van der Waals surface area contributed by atoms with Crippen LogP contribution in [0.4, 0.5) is 26.9 Å². The van der Waals surface area contributed by atoms with Gasteiger partial charge in [0.25, 0.3) is 0 Å². The standard InChI is InChI=1S/C26H35N9O3/c1-15-12-32(13-16(2)35(15)25(37)38-26(5,6)7)20-8-10-27-23-19(20)9-11-33(23)24(36)30-21-14-34-22(17(3)28-21)29-18(4)31-34/h8,10,14-16H,9,11-13H2,1-7H3,(H,30,36)/t15-,16+. The fourth-order valence-corrected chi connectivity index (χ4v) is 5.34. The molecule has 2 atom stereocenters. The van der Waals surface area contributed by atoms with Crippen molar-refractivity contribution in [3.05, 3.63) is 35.5 Å². The number of carbonyl (C=O) groups is 2. The van der Waals surface area contributed by atoms with Gasteiger partial charge in [-0.05, 0) is 61.0 Å². The van der Waals surface area contributed by atoms with Gasteiger partial charge in [-0.3, -0.25) is 15.1 Å². The van der Waals surface area contributed by atoms with E-state index in [0.717, 1.165) is 11.3 Å². The Hall–Kier alpha value is -3.96. The molecule has 202 valence electrons. The van der Waals surface area contributed by atoms with E-state index in [1.165, 1.54) is 0 Å². The summed E-state index contributed by atoms with van der Waals surface area (Å²) in [5.74, 6) is 1.68. The molecule has 3 aromatic rings. The first kappa shape index (κ1) is 25.7. The summed E-state index contributed by atoms with van der Waals surface area (Å²) in [5.41, 5.74) is 2.87. The lowest BCUT2D eigenvalue weighted by atomic mass is 10.1. The Kier molecular flexibility index (Phi) is 6.36. The van der Waals surface area contributed by atoms with Crippen LogP contribution < -0.4 is 15.1 Å². The van der Waals surface area contributed by atoms with Gasteiger partial charge >= 0.3 is 12.1 Å². The van der Waals surface area contributed by atoms with Crippen molar-refractivity contribution in [1.29, 1.82) is 0 Å². The number of ether oxygens (including phenoxy) is 1. The molecule has 5 heterocycles. The highest BCUT2D eigenvalue weighted by Crippen LogP contribution is 2.36. The predicted octanol–water partition coefficient (Wildman–Crippen LogP) is 3.56. The van der Waals surface area contributed by atoms with Gasteiger partial charge in [-0.2, -0.15) is 5.10 Å². The second-order valence-electron chi connectivity index (χ2n) is 11.1. The maximum atomic E-state index is 13.3. The molecular weight excluding hydrogens is 486 g/mol. The maximum absolute atomic E-state index is 13.3. The molecule has 5 rings (SSSR count). The van der Waals surface area contributed by atoms with Crippen LogP contribution in [0.15, 0.2) is 18.5 Å². The summed E-state index contributed by atoms with van der Waals surface area (Å²) in [6, 6.07) is 1.62. The van der Waals surface area contributed by atoms with E-state index in [1.54, 1.807) is 21.8 Å². The monoisotopic (exact) mass is 521 g/mol. The van der Waals surface area contributed by atoms with Crippen LogP contribution in [0.3, 0.4) is 0 Å². The van der Waals surface area contributed by atoms with Gasteiger partial charge in [0.2, 0.25) is 0 Å². The van der Waals surface area contributed by atoms with Crippen molar-refractivity contribution in [2.45, 2.75) is 72.6 Å². The number of nitrogens with one attached hydrogen (secondary N) is 1. The topological polar surface area (TPSA) is 121 Å². The largest absolute Gasteiger partial charge is 0.444 e. The van der Waals surface area contributed by atoms with E-state index in [2.05, 4.69) is 30.3 Å². The Morgan fingerprint density at radius 1 is 1.11 bits per heavy atom. The van der Waals surface area contributed by atoms with Crippen molar-refractivity contribution in [3.8, 4) is 0 Å². The molecule has 1 N–H and O–H groups in total. The zero-order valence-electron chi connectivity index (χ0n) is 23.0. The summed E-state index contributed by atoms with van der Waals surface area (Å²) in [7, 11) is 0. The SMILES string of the molecule is Cc1nc2c(C)nc(NC(=O)N3CCc4c(N5C[C@@H](C)N(C(=O)OC(C)(C)C)[C@@H](C)C5)ccnc43)cn2n1. The van der Waals surface area contributed by atoms with E-state index in [9.17, 15) is 9.59 Å². The lowest BCUT2D eigenvalue weighted by Gasteiger charge is -2.45. The van der Waals surface area contributed by atoms with Gasteiger partial charge in [-0.15, -0.1) is 0 Å². The number of urea groups is 1. The molecule has 2 aliphatic heterocycles. The van der Waals surface area contributed by atoms with Crippen LogP contribution in [0.25, 0.3) is 5.65 Å². The van der Waals surface area contributed by atoms with Crippen molar-refractivity contribution < 1.29 is 14.3 Å². The molecule has 12 heteroatoms. The number of carbonyl (C=O) groups excluding carboxylic acids is 2. The van der Waals surface area contributed by atoms with Gasteiger partial charge in [0.15, 0.2) is 11.5 Å². The number of amides is 3. The minimum Gasteiger partial charge on any atom is -0.444 e. The summed E-state index contributed by atoms with van der Waals surface area (Å²) in [6.45, 7) is 15.2. The van der Waals surface area contributed by atoms with E-state index in [-0.39, 0.29) is 24.2 Å². The van der Waals surface area contributed by atoms with E-state index in [0.29, 0.717) is 54.9 Å². The van der Waals surface area contributed by atoms with E-state index >= 15 is 0 Å². The fraction of sp³-hybridized carbons (Fsp3) is 0.538. The number of nitrogens with zero attached hydrogens (tertiary/aromatic N) is 8. The van der Waals surface area contributed by atoms with Gasteiger partial charge in [0.05, 0.1) is 24.0 Å². The van der Waals surface area contributed by atoms with Gasteiger partial charge in [0.1, 0.15) is 17.2 Å². The van der Waals surface area contributed by atoms with Crippen LogP contribution in [0, 0.1) is 13.8 Å². The molecule has 38 heavy (non-hydrogen) atoms. The second kappa shape index (κ2) is 9.41. The predicted molar refractivity (Wildman–Crippen MR) is 144 cm³/mol. The first-order valence-electron chi connectivity index (χ1n) is 12.9. The number of aromatic nitrogens is 5. The summed E-state index contributed by atoms with van der Waals surface area (Å²) in [6.07, 6.45) is 3.80. The molecule has 0 aromatic carbocycles. The Bertz CT molecular complexity index is 1380. The minimum absolute atomic E-state index is 0.0390. The molecular formula is C26H35N9O3. The quantitative estimate of drug-likeness (QED) is 0.543. The molecule has 0 aliphatic carbocycles.